The van der Waals surface area contributed by atoms with Crippen LogP contribution in [-0.4, -0.2) is 74.1 Å². The molecular formula is C16H32N6O. The van der Waals surface area contributed by atoms with Gasteiger partial charge in [-0.25, -0.2) is 0 Å². The first-order chi connectivity index (χ1) is 11.3. The first-order valence-corrected chi connectivity index (χ1v) is 8.43. The van der Waals surface area contributed by atoms with Crippen molar-refractivity contribution in [3.63, 3.8) is 0 Å². The van der Waals surface area contributed by atoms with Gasteiger partial charge in [0.1, 0.15) is 0 Å². The van der Waals surface area contributed by atoms with Crippen molar-refractivity contribution in [2.75, 3.05) is 53.5 Å². The highest BCUT2D eigenvalue weighted by molar-refractivity contribution is 5.79. The van der Waals surface area contributed by atoms with E-state index in [9.17, 15) is 0 Å². The van der Waals surface area contributed by atoms with E-state index in [2.05, 4.69) is 39.6 Å². The number of aliphatic imine (C=N–C) groups is 1. The molecule has 1 rings (SSSR count). The number of hydrogen-bond donors (Lipinski definition) is 2. The Labute approximate surface area is 140 Å². The molecule has 0 fully saturated rings. The second kappa shape index (κ2) is 12.9. The van der Waals surface area contributed by atoms with Crippen LogP contribution < -0.4 is 10.6 Å². The van der Waals surface area contributed by atoms with Crippen LogP contribution in [0, 0.1) is 0 Å². The Balaban J connectivity index is 2.16. The van der Waals surface area contributed by atoms with Crippen molar-refractivity contribution < 1.29 is 4.74 Å². The third kappa shape index (κ3) is 9.91. The van der Waals surface area contributed by atoms with E-state index in [0.717, 1.165) is 64.7 Å². The summed E-state index contributed by atoms with van der Waals surface area (Å²) >= 11 is 0. The van der Waals surface area contributed by atoms with Crippen molar-refractivity contribution >= 4 is 5.96 Å². The number of nitrogens with one attached hydrogen (secondary N) is 2. The summed E-state index contributed by atoms with van der Waals surface area (Å²) in [7, 11) is 3.86. The normalized spacial score (nSPS) is 11.9. The van der Waals surface area contributed by atoms with E-state index in [1.165, 1.54) is 0 Å². The molecule has 0 saturated carbocycles. The molecule has 0 saturated heterocycles. The summed E-state index contributed by atoms with van der Waals surface area (Å²) in [5, 5.41) is 10.9. The first kappa shape index (κ1) is 19.4. The zero-order chi connectivity index (χ0) is 16.8. The predicted molar refractivity (Wildman–Crippen MR) is 94.8 cm³/mol. The maximum absolute atomic E-state index is 5.08. The highest BCUT2D eigenvalue weighted by atomic mass is 16.5. The lowest BCUT2D eigenvalue weighted by Crippen LogP contribution is -2.38. The fraction of sp³-hybridized carbons (Fsp3) is 0.750. The van der Waals surface area contributed by atoms with Crippen molar-refractivity contribution in [2.24, 2.45) is 4.99 Å². The number of aromatic nitrogens is 2. The summed E-state index contributed by atoms with van der Waals surface area (Å²) in [4.78, 5) is 6.88. The van der Waals surface area contributed by atoms with Gasteiger partial charge in [0.2, 0.25) is 0 Å². The van der Waals surface area contributed by atoms with Crippen LogP contribution >= 0.6 is 0 Å². The third-order valence-corrected chi connectivity index (χ3v) is 3.40. The third-order valence-electron chi connectivity index (χ3n) is 3.40. The Morgan fingerprint density at radius 1 is 1.30 bits per heavy atom. The Morgan fingerprint density at radius 2 is 2.17 bits per heavy atom. The maximum Gasteiger partial charge on any atom is 0.191 e. The minimum absolute atomic E-state index is 0.782. The molecule has 0 radical (unpaired) electrons. The van der Waals surface area contributed by atoms with Gasteiger partial charge in [0.25, 0.3) is 0 Å². The molecule has 0 aliphatic heterocycles. The summed E-state index contributed by atoms with van der Waals surface area (Å²) in [6.07, 6.45) is 5.85. The number of likely N-dealkylation sites (N-methyl/N-ethyl adjacent to an activating group) is 1. The zero-order valence-corrected chi connectivity index (χ0v) is 14.8. The first-order valence-electron chi connectivity index (χ1n) is 8.43. The quantitative estimate of drug-likeness (QED) is 0.338. The number of aryl methyl sites for hydroxylation is 1. The molecule has 0 aliphatic carbocycles. The van der Waals surface area contributed by atoms with Gasteiger partial charge in [-0.2, -0.15) is 5.10 Å². The molecule has 1 aromatic heterocycles. The van der Waals surface area contributed by atoms with Crippen LogP contribution in [0.25, 0.3) is 0 Å². The molecule has 0 unspecified atom stereocenters. The molecule has 0 aliphatic rings. The largest absolute Gasteiger partial charge is 0.383 e. The Bertz CT molecular complexity index is 407. The highest BCUT2D eigenvalue weighted by Gasteiger charge is 2.00. The van der Waals surface area contributed by atoms with Gasteiger partial charge in [-0.3, -0.25) is 9.67 Å². The summed E-state index contributed by atoms with van der Waals surface area (Å²) < 4.78 is 7.01. The van der Waals surface area contributed by atoms with Crippen molar-refractivity contribution in [1.82, 2.24) is 25.3 Å². The van der Waals surface area contributed by atoms with Gasteiger partial charge in [-0.15, -0.1) is 0 Å². The molecule has 0 bridgehead atoms. The van der Waals surface area contributed by atoms with Crippen molar-refractivity contribution in [1.29, 1.82) is 0 Å². The van der Waals surface area contributed by atoms with E-state index in [1.54, 1.807) is 13.3 Å². The van der Waals surface area contributed by atoms with Crippen LogP contribution in [0.3, 0.4) is 0 Å². The molecule has 0 atom stereocenters. The van der Waals surface area contributed by atoms with Crippen LogP contribution in [-0.2, 0) is 11.3 Å². The second-order valence-corrected chi connectivity index (χ2v) is 5.46. The highest BCUT2D eigenvalue weighted by Crippen LogP contribution is 1.91. The smallest absolute Gasteiger partial charge is 0.191 e. The van der Waals surface area contributed by atoms with Gasteiger partial charge in [0.15, 0.2) is 5.96 Å². The summed E-state index contributed by atoms with van der Waals surface area (Å²) in [6, 6.07) is 1.94. The number of ether oxygens (including phenoxy) is 1. The summed E-state index contributed by atoms with van der Waals surface area (Å²) in [5.74, 6) is 0.896. The number of guanidine groups is 1. The fourth-order valence-corrected chi connectivity index (χ4v) is 2.11. The Kier molecular flexibility index (Phi) is 10.9. The molecular weight excluding hydrogens is 292 g/mol. The minimum atomic E-state index is 0.782. The topological polar surface area (TPSA) is 66.7 Å². The lowest BCUT2D eigenvalue weighted by atomic mass is 10.4. The van der Waals surface area contributed by atoms with Crippen LogP contribution in [0.4, 0.5) is 0 Å². The van der Waals surface area contributed by atoms with Gasteiger partial charge in [-0.1, -0.05) is 0 Å². The van der Waals surface area contributed by atoms with Crippen LogP contribution in [0.15, 0.2) is 23.5 Å². The monoisotopic (exact) mass is 324 g/mol. The summed E-state index contributed by atoms with van der Waals surface area (Å²) in [5.41, 5.74) is 0. The predicted octanol–water partition coefficient (Wildman–Crippen LogP) is 0.797. The molecule has 7 nitrogen and oxygen atoms in total. The van der Waals surface area contributed by atoms with Gasteiger partial charge in [0.05, 0.1) is 6.61 Å². The van der Waals surface area contributed by atoms with Crippen molar-refractivity contribution in [3.05, 3.63) is 18.5 Å². The lowest BCUT2D eigenvalue weighted by molar-refractivity contribution is 0.161. The molecule has 1 heterocycles. The number of rotatable bonds is 12. The van der Waals surface area contributed by atoms with E-state index in [0.29, 0.717) is 0 Å². The molecule has 7 heteroatoms. The average Bonchev–Trinajstić information content (AvgIpc) is 3.06. The zero-order valence-electron chi connectivity index (χ0n) is 14.8. The Hall–Kier alpha value is -1.60. The molecule has 132 valence electrons. The molecule has 0 aromatic carbocycles. The summed E-state index contributed by atoms with van der Waals surface area (Å²) in [6.45, 7) is 8.38. The van der Waals surface area contributed by atoms with E-state index in [4.69, 9.17) is 4.74 Å². The van der Waals surface area contributed by atoms with Crippen LogP contribution in [0.1, 0.15) is 19.8 Å². The van der Waals surface area contributed by atoms with Crippen molar-refractivity contribution in [3.8, 4) is 0 Å². The van der Waals surface area contributed by atoms with Gasteiger partial charge in [-0.05, 0) is 39.4 Å². The van der Waals surface area contributed by atoms with Crippen LogP contribution in [0.2, 0.25) is 0 Å². The number of nitrogens with zero attached hydrogens (tertiary/aromatic N) is 4. The minimum Gasteiger partial charge on any atom is -0.383 e. The number of methoxy groups -OCH3 is 1. The molecule has 0 spiro atoms. The lowest BCUT2D eigenvalue weighted by Gasteiger charge is -2.16. The Morgan fingerprint density at radius 3 is 2.87 bits per heavy atom. The van der Waals surface area contributed by atoms with E-state index in [1.807, 2.05) is 16.9 Å². The molecule has 1 aromatic rings. The van der Waals surface area contributed by atoms with E-state index in [-0.39, 0.29) is 0 Å². The molecule has 2 N–H and O–H groups in total. The standard InChI is InChI=1S/C16H32N6O/c1-4-17-16(18-8-5-11-21(2)14-15-23-3)19-9-6-12-22-13-7-10-20-22/h7,10,13H,4-6,8-9,11-12,14-15H2,1-3H3,(H2,17,18,19). The van der Waals surface area contributed by atoms with E-state index < -0.39 is 0 Å². The van der Waals surface area contributed by atoms with Crippen LogP contribution in [0.5, 0.6) is 0 Å². The SMILES string of the molecule is CCNC(=NCCCn1cccn1)NCCCN(C)CCOC. The fourth-order valence-electron chi connectivity index (χ4n) is 2.11. The van der Waals surface area contributed by atoms with Crippen molar-refractivity contribution in [2.45, 2.75) is 26.3 Å². The number of hydrogen-bond acceptors (Lipinski definition) is 4. The molecule has 0 amide bonds. The van der Waals surface area contributed by atoms with Gasteiger partial charge in [0, 0.05) is 52.2 Å². The average molecular weight is 324 g/mol. The van der Waals surface area contributed by atoms with E-state index >= 15 is 0 Å². The van der Waals surface area contributed by atoms with Gasteiger partial charge >= 0.3 is 0 Å². The van der Waals surface area contributed by atoms with Gasteiger partial charge < -0.3 is 20.3 Å². The maximum atomic E-state index is 5.08. The second-order valence-electron chi connectivity index (χ2n) is 5.46. The molecule has 23 heavy (non-hydrogen) atoms.